The highest BCUT2D eigenvalue weighted by atomic mass is 16.5. The van der Waals surface area contributed by atoms with Crippen molar-refractivity contribution in [2.75, 3.05) is 37.0 Å². The van der Waals surface area contributed by atoms with Crippen LogP contribution in [0.4, 0.5) is 11.6 Å². The third-order valence-electron chi connectivity index (χ3n) is 3.59. The molecule has 0 bridgehead atoms. The fourth-order valence-electron chi connectivity index (χ4n) is 2.72. The number of ether oxygens (including phenoxy) is 1. The molecular formula is C14H24N4O. The Labute approximate surface area is 115 Å². The van der Waals surface area contributed by atoms with E-state index in [0.717, 1.165) is 50.6 Å². The van der Waals surface area contributed by atoms with E-state index in [4.69, 9.17) is 4.74 Å². The Morgan fingerprint density at radius 2 is 2.26 bits per heavy atom. The lowest BCUT2D eigenvalue weighted by molar-refractivity contribution is 0.0525. The summed E-state index contributed by atoms with van der Waals surface area (Å²) >= 11 is 0. The highest BCUT2D eigenvalue weighted by molar-refractivity contribution is 5.58. The Balaban J connectivity index is 2.20. The van der Waals surface area contributed by atoms with E-state index in [0.29, 0.717) is 6.10 Å². The molecule has 2 heterocycles. The Kier molecular flexibility index (Phi) is 4.96. The topological polar surface area (TPSA) is 50.3 Å². The van der Waals surface area contributed by atoms with Crippen LogP contribution in [0.15, 0.2) is 6.33 Å². The maximum atomic E-state index is 5.76. The largest absolute Gasteiger partial charge is 0.377 e. The highest BCUT2D eigenvalue weighted by Gasteiger charge is 2.23. The molecule has 0 amide bonds. The van der Waals surface area contributed by atoms with Gasteiger partial charge in [0.1, 0.15) is 18.0 Å². The number of nitrogens with one attached hydrogen (secondary N) is 1. The first-order valence-electron chi connectivity index (χ1n) is 7.18. The lowest BCUT2D eigenvalue weighted by Gasteiger charge is -2.34. The van der Waals surface area contributed by atoms with Crippen molar-refractivity contribution in [3.05, 3.63) is 11.9 Å². The van der Waals surface area contributed by atoms with Crippen LogP contribution in [-0.4, -0.2) is 42.8 Å². The highest BCUT2D eigenvalue weighted by Crippen LogP contribution is 2.26. The maximum absolute atomic E-state index is 5.76. The van der Waals surface area contributed by atoms with E-state index >= 15 is 0 Å². The van der Waals surface area contributed by atoms with E-state index in [2.05, 4.69) is 34.0 Å². The van der Waals surface area contributed by atoms with E-state index in [1.165, 1.54) is 5.56 Å². The SMILES string of the molecule is CCOC1CCCN(c2ncnc(NC)c2CC)C1. The van der Waals surface area contributed by atoms with Gasteiger partial charge in [0.2, 0.25) is 0 Å². The van der Waals surface area contributed by atoms with Gasteiger partial charge < -0.3 is 15.0 Å². The molecule has 0 radical (unpaired) electrons. The number of anilines is 2. The Hall–Kier alpha value is -1.36. The van der Waals surface area contributed by atoms with E-state index in [1.54, 1.807) is 6.33 Å². The third-order valence-corrected chi connectivity index (χ3v) is 3.59. The van der Waals surface area contributed by atoms with Gasteiger partial charge in [-0.15, -0.1) is 0 Å². The zero-order valence-corrected chi connectivity index (χ0v) is 12.1. The molecule has 0 saturated carbocycles. The van der Waals surface area contributed by atoms with Crippen molar-refractivity contribution >= 4 is 11.6 Å². The Bertz CT molecular complexity index is 408. The fraction of sp³-hybridized carbons (Fsp3) is 0.714. The maximum Gasteiger partial charge on any atom is 0.137 e. The quantitative estimate of drug-likeness (QED) is 0.882. The summed E-state index contributed by atoms with van der Waals surface area (Å²) in [5.74, 6) is 2.00. The summed E-state index contributed by atoms with van der Waals surface area (Å²) in [7, 11) is 1.91. The van der Waals surface area contributed by atoms with Gasteiger partial charge >= 0.3 is 0 Å². The fourth-order valence-corrected chi connectivity index (χ4v) is 2.72. The monoisotopic (exact) mass is 264 g/mol. The van der Waals surface area contributed by atoms with Gasteiger partial charge in [0.25, 0.3) is 0 Å². The van der Waals surface area contributed by atoms with Gasteiger partial charge in [-0.1, -0.05) is 6.92 Å². The molecule has 19 heavy (non-hydrogen) atoms. The lowest BCUT2D eigenvalue weighted by Crippen LogP contribution is -2.40. The first-order chi connectivity index (χ1) is 9.30. The molecule has 106 valence electrons. The second-order valence-corrected chi connectivity index (χ2v) is 4.79. The number of hydrogen-bond acceptors (Lipinski definition) is 5. The van der Waals surface area contributed by atoms with E-state index in [9.17, 15) is 0 Å². The molecule has 1 N–H and O–H groups in total. The number of piperidine rings is 1. The van der Waals surface area contributed by atoms with Crippen LogP contribution in [-0.2, 0) is 11.2 Å². The minimum absolute atomic E-state index is 0.330. The van der Waals surface area contributed by atoms with Crippen LogP contribution in [0.5, 0.6) is 0 Å². The second-order valence-electron chi connectivity index (χ2n) is 4.79. The van der Waals surface area contributed by atoms with Crippen LogP contribution in [0.2, 0.25) is 0 Å². The van der Waals surface area contributed by atoms with Gasteiger partial charge in [-0.3, -0.25) is 0 Å². The number of hydrogen-bond donors (Lipinski definition) is 1. The van der Waals surface area contributed by atoms with Crippen molar-refractivity contribution < 1.29 is 4.74 Å². The first-order valence-corrected chi connectivity index (χ1v) is 7.18. The summed E-state index contributed by atoms with van der Waals surface area (Å²) in [4.78, 5) is 11.1. The van der Waals surface area contributed by atoms with Gasteiger partial charge in [0, 0.05) is 32.3 Å². The van der Waals surface area contributed by atoms with Crippen molar-refractivity contribution in [2.45, 2.75) is 39.2 Å². The Morgan fingerprint density at radius 1 is 1.42 bits per heavy atom. The van der Waals surface area contributed by atoms with Gasteiger partial charge in [-0.05, 0) is 26.2 Å². The number of aromatic nitrogens is 2. The smallest absolute Gasteiger partial charge is 0.137 e. The van der Waals surface area contributed by atoms with Gasteiger partial charge in [-0.25, -0.2) is 9.97 Å². The summed E-state index contributed by atoms with van der Waals surface area (Å²) in [5, 5.41) is 3.15. The molecule has 1 aliphatic rings. The van der Waals surface area contributed by atoms with E-state index < -0.39 is 0 Å². The van der Waals surface area contributed by atoms with Crippen LogP contribution >= 0.6 is 0 Å². The molecule has 0 spiro atoms. The average Bonchev–Trinajstić information content (AvgIpc) is 2.47. The number of rotatable bonds is 5. The van der Waals surface area contributed by atoms with Gasteiger partial charge in [0.05, 0.1) is 6.10 Å². The van der Waals surface area contributed by atoms with Crippen molar-refractivity contribution in [3.8, 4) is 0 Å². The van der Waals surface area contributed by atoms with Crippen LogP contribution in [0.3, 0.4) is 0 Å². The van der Waals surface area contributed by atoms with Crippen molar-refractivity contribution in [3.63, 3.8) is 0 Å². The van der Waals surface area contributed by atoms with Crippen molar-refractivity contribution in [2.24, 2.45) is 0 Å². The zero-order valence-electron chi connectivity index (χ0n) is 12.1. The molecule has 5 heteroatoms. The molecule has 1 unspecified atom stereocenters. The van der Waals surface area contributed by atoms with Crippen molar-refractivity contribution in [1.29, 1.82) is 0 Å². The summed E-state index contributed by atoms with van der Waals surface area (Å²) in [5.41, 5.74) is 1.20. The normalized spacial score (nSPS) is 19.5. The molecular weight excluding hydrogens is 240 g/mol. The van der Waals surface area contributed by atoms with E-state index in [-0.39, 0.29) is 0 Å². The molecule has 2 rings (SSSR count). The average molecular weight is 264 g/mol. The standard InChI is InChI=1S/C14H24N4O/c1-4-12-13(15-3)16-10-17-14(12)18-8-6-7-11(9-18)19-5-2/h10-11H,4-9H2,1-3H3,(H,15,16,17). The second kappa shape index (κ2) is 6.70. The third kappa shape index (κ3) is 3.15. The minimum Gasteiger partial charge on any atom is -0.377 e. The van der Waals surface area contributed by atoms with Gasteiger partial charge in [-0.2, -0.15) is 0 Å². The predicted molar refractivity (Wildman–Crippen MR) is 77.8 cm³/mol. The minimum atomic E-state index is 0.330. The zero-order chi connectivity index (χ0) is 13.7. The first kappa shape index (κ1) is 14.1. The number of nitrogens with zero attached hydrogens (tertiary/aromatic N) is 3. The van der Waals surface area contributed by atoms with Gasteiger partial charge in [0.15, 0.2) is 0 Å². The van der Waals surface area contributed by atoms with Crippen LogP contribution < -0.4 is 10.2 Å². The molecule has 0 aliphatic carbocycles. The molecule has 1 aromatic heterocycles. The van der Waals surface area contributed by atoms with Crippen LogP contribution in [0.25, 0.3) is 0 Å². The Morgan fingerprint density at radius 3 is 2.95 bits per heavy atom. The summed E-state index contributed by atoms with van der Waals surface area (Å²) in [6, 6.07) is 0. The molecule has 1 fully saturated rings. The predicted octanol–water partition coefficient (Wildman–Crippen LogP) is 2.09. The summed E-state index contributed by atoms with van der Waals surface area (Å²) < 4.78 is 5.76. The lowest BCUT2D eigenvalue weighted by atomic mass is 10.1. The van der Waals surface area contributed by atoms with Crippen molar-refractivity contribution in [1.82, 2.24) is 9.97 Å². The molecule has 1 aromatic rings. The van der Waals surface area contributed by atoms with Crippen LogP contribution in [0.1, 0.15) is 32.3 Å². The van der Waals surface area contributed by atoms with E-state index in [1.807, 2.05) is 7.05 Å². The van der Waals surface area contributed by atoms with Crippen LogP contribution in [0, 0.1) is 0 Å². The molecule has 1 atom stereocenters. The molecule has 5 nitrogen and oxygen atoms in total. The summed E-state index contributed by atoms with van der Waals surface area (Å²) in [6.07, 6.45) is 5.21. The molecule has 1 aliphatic heterocycles. The molecule has 1 saturated heterocycles. The molecule has 0 aromatic carbocycles. The summed E-state index contributed by atoms with van der Waals surface area (Å²) in [6.45, 7) is 6.97.